The van der Waals surface area contributed by atoms with Gasteiger partial charge in [0.25, 0.3) is 5.91 Å². The molecule has 0 saturated carbocycles. The summed E-state index contributed by atoms with van der Waals surface area (Å²) in [6, 6.07) is 13.9. The predicted octanol–water partition coefficient (Wildman–Crippen LogP) is 4.70. The Bertz CT molecular complexity index is 913. The minimum atomic E-state index is -0.672. The van der Waals surface area contributed by atoms with Crippen LogP contribution < -0.4 is 10.6 Å². The lowest BCUT2D eigenvalue weighted by Crippen LogP contribution is -2.51. The van der Waals surface area contributed by atoms with E-state index in [-0.39, 0.29) is 23.8 Å². The molecule has 31 heavy (non-hydrogen) atoms. The van der Waals surface area contributed by atoms with Gasteiger partial charge in [-0.05, 0) is 55.6 Å². The second-order valence-electron chi connectivity index (χ2n) is 8.20. The number of rotatable bonds is 8. The Kier molecular flexibility index (Phi) is 8.35. The first-order valence-corrected chi connectivity index (χ1v) is 11.5. The predicted molar refractivity (Wildman–Crippen MR) is 126 cm³/mol. The Morgan fingerprint density at radius 1 is 0.968 bits per heavy atom. The number of likely N-dealkylation sites (tertiary alicyclic amines) is 1. The van der Waals surface area contributed by atoms with Crippen LogP contribution in [-0.2, 0) is 4.79 Å². The Morgan fingerprint density at radius 3 is 2.19 bits per heavy atom. The summed E-state index contributed by atoms with van der Waals surface area (Å²) in [5.74, 6) is -0.662. The van der Waals surface area contributed by atoms with Crippen LogP contribution in [0.4, 0.5) is 0 Å². The number of carbonyl (C=O) groups excluding carboxylic acids is 2. The van der Waals surface area contributed by atoms with Crippen molar-refractivity contribution in [3.05, 3.63) is 69.7 Å². The Morgan fingerprint density at radius 2 is 1.58 bits per heavy atom. The maximum atomic E-state index is 13.1. The summed E-state index contributed by atoms with van der Waals surface area (Å²) < 4.78 is 0. The zero-order chi connectivity index (χ0) is 22.4. The van der Waals surface area contributed by atoms with Crippen LogP contribution in [0.2, 0.25) is 10.0 Å². The normalized spacial score (nSPS) is 16.2. The molecule has 2 amide bonds. The first kappa shape index (κ1) is 23.6. The lowest BCUT2D eigenvalue weighted by Gasteiger charge is -2.30. The van der Waals surface area contributed by atoms with Crippen molar-refractivity contribution in [1.29, 1.82) is 0 Å². The molecule has 0 bridgehead atoms. The summed E-state index contributed by atoms with van der Waals surface area (Å²) in [6.45, 7) is 6.19. The lowest BCUT2D eigenvalue weighted by atomic mass is 10.0. The zero-order valence-electron chi connectivity index (χ0n) is 17.9. The highest BCUT2D eigenvalue weighted by Gasteiger charge is 2.29. The minimum absolute atomic E-state index is 0.00719. The first-order chi connectivity index (χ1) is 14.9. The van der Waals surface area contributed by atoms with Crippen molar-refractivity contribution in [2.45, 2.75) is 38.8 Å². The zero-order valence-corrected chi connectivity index (χ0v) is 19.4. The van der Waals surface area contributed by atoms with Gasteiger partial charge in [-0.15, -0.1) is 0 Å². The molecule has 7 heteroatoms. The van der Waals surface area contributed by atoms with Crippen LogP contribution in [0.3, 0.4) is 0 Å². The highest BCUT2D eigenvalue weighted by Crippen LogP contribution is 2.29. The number of halogens is 2. The lowest BCUT2D eigenvalue weighted by molar-refractivity contribution is -0.124. The van der Waals surface area contributed by atoms with E-state index in [0.29, 0.717) is 22.2 Å². The molecule has 1 aliphatic heterocycles. The Hall–Kier alpha value is -2.08. The van der Waals surface area contributed by atoms with Gasteiger partial charge in [0.1, 0.15) is 6.04 Å². The van der Waals surface area contributed by atoms with Crippen molar-refractivity contribution in [3.63, 3.8) is 0 Å². The van der Waals surface area contributed by atoms with Gasteiger partial charge in [0.2, 0.25) is 5.91 Å². The Balaban J connectivity index is 1.71. The maximum Gasteiger partial charge on any atom is 0.253 e. The number of nitrogens with one attached hydrogen (secondary N) is 2. The minimum Gasteiger partial charge on any atom is -0.352 e. The number of hydrogen-bond acceptors (Lipinski definition) is 3. The van der Waals surface area contributed by atoms with Crippen LogP contribution in [0.1, 0.15) is 48.7 Å². The third-order valence-corrected chi connectivity index (χ3v) is 6.34. The van der Waals surface area contributed by atoms with Gasteiger partial charge in [-0.2, -0.15) is 0 Å². The van der Waals surface area contributed by atoms with E-state index in [2.05, 4.69) is 15.5 Å². The fourth-order valence-electron chi connectivity index (χ4n) is 3.94. The van der Waals surface area contributed by atoms with E-state index in [4.69, 9.17) is 23.2 Å². The number of carbonyl (C=O) groups is 2. The highest BCUT2D eigenvalue weighted by molar-refractivity contribution is 6.33. The first-order valence-electron chi connectivity index (χ1n) is 10.7. The summed E-state index contributed by atoms with van der Waals surface area (Å²) >= 11 is 12.6. The molecule has 1 aliphatic rings. The van der Waals surface area contributed by atoms with E-state index in [1.165, 1.54) is 0 Å². The second kappa shape index (κ2) is 11.0. The van der Waals surface area contributed by atoms with Gasteiger partial charge in [0.15, 0.2) is 0 Å². The fourth-order valence-corrected chi connectivity index (χ4v) is 4.42. The van der Waals surface area contributed by atoms with Crippen LogP contribution in [-0.4, -0.2) is 42.4 Å². The third kappa shape index (κ3) is 6.00. The fraction of sp³-hybridized carbons (Fsp3) is 0.417. The van der Waals surface area contributed by atoms with E-state index in [0.717, 1.165) is 31.5 Å². The maximum absolute atomic E-state index is 13.1. The molecular formula is C24H29Cl2N3O2. The van der Waals surface area contributed by atoms with Gasteiger partial charge >= 0.3 is 0 Å². The van der Waals surface area contributed by atoms with E-state index >= 15 is 0 Å². The quantitative estimate of drug-likeness (QED) is 0.598. The van der Waals surface area contributed by atoms with Crippen molar-refractivity contribution >= 4 is 35.0 Å². The molecule has 0 aliphatic carbocycles. The topological polar surface area (TPSA) is 61.4 Å². The van der Waals surface area contributed by atoms with Gasteiger partial charge in [0, 0.05) is 11.6 Å². The van der Waals surface area contributed by atoms with Crippen molar-refractivity contribution in [2.75, 3.05) is 19.6 Å². The van der Waals surface area contributed by atoms with E-state index in [9.17, 15) is 9.59 Å². The molecular weight excluding hydrogens is 433 g/mol. The number of amides is 2. The second-order valence-corrected chi connectivity index (χ2v) is 9.01. The molecule has 5 nitrogen and oxygen atoms in total. The smallest absolute Gasteiger partial charge is 0.253 e. The van der Waals surface area contributed by atoms with Crippen LogP contribution in [0, 0.1) is 5.92 Å². The third-order valence-electron chi connectivity index (χ3n) is 5.67. The summed E-state index contributed by atoms with van der Waals surface area (Å²) in [7, 11) is 0. The standard InChI is InChI=1S/C24H29Cl2N3O2/c1-16(2)22(28-23(30)18-10-4-6-12-20(18)26)24(31)27-15-21(29-13-7-8-14-29)17-9-3-5-11-19(17)25/h3-6,9-12,16,21-22H,7-8,13-15H2,1-2H3,(H,27,31)(H,28,30)/t21-,22-/m1/s1. The summed E-state index contributed by atoms with van der Waals surface area (Å²) in [6.07, 6.45) is 2.27. The molecule has 3 rings (SSSR count). The van der Waals surface area contributed by atoms with Crippen LogP contribution in [0.25, 0.3) is 0 Å². The van der Waals surface area contributed by atoms with Crippen LogP contribution >= 0.6 is 23.2 Å². The van der Waals surface area contributed by atoms with Crippen LogP contribution in [0.15, 0.2) is 48.5 Å². The van der Waals surface area contributed by atoms with Gasteiger partial charge in [-0.3, -0.25) is 14.5 Å². The van der Waals surface area contributed by atoms with Gasteiger partial charge < -0.3 is 10.6 Å². The van der Waals surface area contributed by atoms with Crippen molar-refractivity contribution in [1.82, 2.24) is 15.5 Å². The molecule has 0 aromatic heterocycles. The molecule has 0 radical (unpaired) electrons. The number of hydrogen-bond donors (Lipinski definition) is 2. The van der Waals surface area contributed by atoms with E-state index < -0.39 is 6.04 Å². The molecule has 1 saturated heterocycles. The Labute approximate surface area is 194 Å². The molecule has 2 aromatic carbocycles. The average Bonchev–Trinajstić information content (AvgIpc) is 3.27. The molecule has 2 atom stereocenters. The SMILES string of the molecule is CC(C)[C@@H](NC(=O)c1ccccc1Cl)C(=O)NC[C@H](c1ccccc1Cl)N1CCCC1. The summed E-state index contributed by atoms with van der Waals surface area (Å²) in [5.41, 5.74) is 1.36. The van der Waals surface area contributed by atoms with Crippen molar-refractivity contribution in [3.8, 4) is 0 Å². The summed E-state index contributed by atoms with van der Waals surface area (Å²) in [5, 5.41) is 6.95. The largest absolute Gasteiger partial charge is 0.352 e. The molecule has 1 heterocycles. The molecule has 2 aromatic rings. The molecule has 166 valence electrons. The van der Waals surface area contributed by atoms with Gasteiger partial charge in [0.05, 0.1) is 16.6 Å². The number of benzene rings is 2. The van der Waals surface area contributed by atoms with Crippen molar-refractivity contribution < 1.29 is 9.59 Å². The molecule has 1 fully saturated rings. The molecule has 0 unspecified atom stereocenters. The van der Waals surface area contributed by atoms with E-state index in [1.807, 2.05) is 38.1 Å². The van der Waals surface area contributed by atoms with Gasteiger partial charge in [-0.25, -0.2) is 0 Å². The van der Waals surface area contributed by atoms with Crippen molar-refractivity contribution in [2.24, 2.45) is 5.92 Å². The van der Waals surface area contributed by atoms with Crippen LogP contribution in [0.5, 0.6) is 0 Å². The monoisotopic (exact) mass is 461 g/mol. The van der Waals surface area contributed by atoms with Gasteiger partial charge in [-0.1, -0.05) is 67.4 Å². The average molecular weight is 462 g/mol. The van der Waals surface area contributed by atoms with E-state index in [1.54, 1.807) is 24.3 Å². The number of nitrogens with zero attached hydrogens (tertiary/aromatic N) is 1. The highest BCUT2D eigenvalue weighted by atomic mass is 35.5. The summed E-state index contributed by atoms with van der Waals surface area (Å²) in [4.78, 5) is 28.1. The molecule has 0 spiro atoms. The molecule has 2 N–H and O–H groups in total.